The zero-order valence-electron chi connectivity index (χ0n) is 12.3. The van der Waals surface area contributed by atoms with Crippen molar-refractivity contribution in [1.29, 1.82) is 0 Å². The molecule has 1 heterocycles. The van der Waals surface area contributed by atoms with Crippen molar-refractivity contribution in [1.82, 2.24) is 9.88 Å². The summed E-state index contributed by atoms with van der Waals surface area (Å²) >= 11 is 3.46. The minimum atomic E-state index is 0.0659. The summed E-state index contributed by atoms with van der Waals surface area (Å²) in [7, 11) is 0. The van der Waals surface area contributed by atoms with Crippen molar-refractivity contribution >= 4 is 21.8 Å². The van der Waals surface area contributed by atoms with Crippen molar-refractivity contribution in [3.63, 3.8) is 0 Å². The van der Waals surface area contributed by atoms with Gasteiger partial charge < -0.3 is 9.88 Å². The molecular formula is C16H25BrN2O. The second-order valence-electron chi connectivity index (χ2n) is 5.71. The first-order valence-electron chi connectivity index (χ1n) is 7.88. The van der Waals surface area contributed by atoms with Crippen LogP contribution in [0, 0.1) is 0 Å². The van der Waals surface area contributed by atoms with Gasteiger partial charge in [-0.1, -0.05) is 39.0 Å². The summed E-state index contributed by atoms with van der Waals surface area (Å²) in [6.45, 7) is 3.02. The number of carbonyl (C=O) groups is 1. The van der Waals surface area contributed by atoms with Crippen LogP contribution in [0.15, 0.2) is 16.7 Å². The largest absolute Gasteiger partial charge is 0.351 e. The van der Waals surface area contributed by atoms with Gasteiger partial charge in [-0.2, -0.15) is 0 Å². The van der Waals surface area contributed by atoms with Gasteiger partial charge in [0.2, 0.25) is 0 Å². The van der Waals surface area contributed by atoms with E-state index >= 15 is 0 Å². The molecule has 20 heavy (non-hydrogen) atoms. The van der Waals surface area contributed by atoms with Crippen LogP contribution in [-0.2, 0) is 0 Å². The number of nitrogens with zero attached hydrogens (tertiary/aromatic N) is 1. The van der Waals surface area contributed by atoms with Crippen LogP contribution in [0.4, 0.5) is 0 Å². The third kappa shape index (κ3) is 4.65. The molecule has 1 aliphatic rings. The van der Waals surface area contributed by atoms with Gasteiger partial charge in [-0.25, -0.2) is 0 Å². The zero-order valence-corrected chi connectivity index (χ0v) is 13.9. The quantitative estimate of drug-likeness (QED) is 0.651. The molecule has 0 atom stereocenters. The Morgan fingerprint density at radius 3 is 2.70 bits per heavy atom. The van der Waals surface area contributed by atoms with Gasteiger partial charge in [0, 0.05) is 23.3 Å². The summed E-state index contributed by atoms with van der Waals surface area (Å²) in [6.07, 6.45) is 11.9. The number of hydrogen-bond donors (Lipinski definition) is 1. The normalized spacial score (nSPS) is 14.5. The Hall–Kier alpha value is -0.770. The fraction of sp³-hybridized carbons (Fsp3) is 0.688. The Kier molecular flexibility index (Phi) is 6.14. The van der Waals surface area contributed by atoms with E-state index in [1.807, 2.05) is 12.3 Å². The van der Waals surface area contributed by atoms with Gasteiger partial charge in [-0.3, -0.25) is 4.79 Å². The number of nitrogens with one attached hydrogen (secondary N) is 1. The molecule has 4 heteroatoms. The van der Waals surface area contributed by atoms with E-state index in [9.17, 15) is 4.79 Å². The molecule has 0 radical (unpaired) electrons. The first-order chi connectivity index (χ1) is 9.72. The lowest BCUT2D eigenvalue weighted by molar-refractivity contribution is 0.0943. The van der Waals surface area contributed by atoms with E-state index in [0.29, 0.717) is 6.04 Å². The molecule has 0 bridgehead atoms. The molecule has 112 valence electrons. The van der Waals surface area contributed by atoms with Crippen molar-refractivity contribution in [2.24, 2.45) is 0 Å². The van der Waals surface area contributed by atoms with Crippen LogP contribution in [0.25, 0.3) is 0 Å². The Morgan fingerprint density at radius 1 is 1.30 bits per heavy atom. The summed E-state index contributed by atoms with van der Waals surface area (Å²) in [5.41, 5.74) is 0.797. The van der Waals surface area contributed by atoms with E-state index in [2.05, 4.69) is 32.7 Å². The Bertz CT molecular complexity index is 438. The molecular weight excluding hydrogens is 316 g/mol. The number of hydrogen-bond acceptors (Lipinski definition) is 1. The van der Waals surface area contributed by atoms with Crippen molar-refractivity contribution < 1.29 is 4.79 Å². The lowest BCUT2D eigenvalue weighted by atomic mass is 10.1. The van der Waals surface area contributed by atoms with Gasteiger partial charge in [-0.05, 0) is 41.3 Å². The van der Waals surface area contributed by atoms with E-state index in [1.165, 1.54) is 44.9 Å². The first kappa shape index (κ1) is 15.6. The highest BCUT2D eigenvalue weighted by atomic mass is 79.9. The number of rotatable bonds is 9. The molecule has 0 spiro atoms. The van der Waals surface area contributed by atoms with Crippen LogP contribution in [0.5, 0.6) is 0 Å². The fourth-order valence-electron chi connectivity index (χ4n) is 2.48. The van der Waals surface area contributed by atoms with Crippen LogP contribution < -0.4 is 5.32 Å². The highest BCUT2D eigenvalue weighted by molar-refractivity contribution is 9.10. The van der Waals surface area contributed by atoms with E-state index in [1.54, 1.807) is 0 Å². The molecule has 1 saturated carbocycles. The first-order valence-corrected chi connectivity index (χ1v) is 8.67. The maximum atomic E-state index is 12.2. The zero-order chi connectivity index (χ0) is 14.4. The number of carbonyl (C=O) groups excluding carboxylic acids is 1. The van der Waals surface area contributed by atoms with Crippen LogP contribution in [0.2, 0.25) is 0 Å². The summed E-state index contributed by atoms with van der Waals surface area (Å²) < 4.78 is 3.11. The second-order valence-corrected chi connectivity index (χ2v) is 6.62. The Labute approximate surface area is 130 Å². The maximum Gasteiger partial charge on any atom is 0.267 e. The molecule has 0 unspecified atom stereocenters. The van der Waals surface area contributed by atoms with E-state index < -0.39 is 0 Å². The molecule has 3 nitrogen and oxygen atoms in total. The van der Waals surface area contributed by atoms with Gasteiger partial charge in [0.15, 0.2) is 0 Å². The van der Waals surface area contributed by atoms with Gasteiger partial charge >= 0.3 is 0 Å². The van der Waals surface area contributed by atoms with Gasteiger partial charge in [0.1, 0.15) is 5.69 Å². The number of aromatic nitrogens is 1. The predicted molar refractivity (Wildman–Crippen MR) is 86.1 cm³/mol. The molecule has 1 aromatic rings. The average molecular weight is 341 g/mol. The summed E-state index contributed by atoms with van der Waals surface area (Å²) in [5, 5.41) is 3.05. The number of amides is 1. The van der Waals surface area contributed by atoms with Gasteiger partial charge in [-0.15, -0.1) is 0 Å². The maximum absolute atomic E-state index is 12.2. The van der Waals surface area contributed by atoms with E-state index in [-0.39, 0.29) is 5.91 Å². The lowest BCUT2D eigenvalue weighted by Gasteiger charge is -2.08. The smallest absolute Gasteiger partial charge is 0.267 e. The molecule has 0 aliphatic heterocycles. The van der Waals surface area contributed by atoms with Crippen LogP contribution in [-0.4, -0.2) is 17.0 Å². The molecule has 0 saturated heterocycles. The number of unbranched alkanes of at least 4 members (excludes halogenated alkanes) is 5. The average Bonchev–Trinajstić information content (AvgIpc) is 3.20. The fourth-order valence-corrected chi connectivity index (χ4v) is 2.92. The molecule has 1 fully saturated rings. The summed E-state index contributed by atoms with van der Waals surface area (Å²) in [5.74, 6) is 0.0659. The molecule has 1 N–H and O–H groups in total. The third-order valence-electron chi connectivity index (χ3n) is 3.80. The van der Waals surface area contributed by atoms with Crippen molar-refractivity contribution in [3.8, 4) is 0 Å². The molecule has 1 amide bonds. The van der Waals surface area contributed by atoms with Gasteiger partial charge in [0.05, 0.1) is 0 Å². The highest BCUT2D eigenvalue weighted by Crippen LogP contribution is 2.37. The summed E-state index contributed by atoms with van der Waals surface area (Å²) in [4.78, 5) is 12.2. The van der Waals surface area contributed by atoms with Crippen molar-refractivity contribution in [3.05, 3.63) is 22.4 Å². The second kappa shape index (κ2) is 7.87. The van der Waals surface area contributed by atoms with Crippen molar-refractivity contribution in [2.75, 3.05) is 6.54 Å². The third-order valence-corrected chi connectivity index (χ3v) is 4.24. The molecule has 1 aromatic heterocycles. The molecule has 1 aliphatic carbocycles. The SMILES string of the molecule is CCCCCCCCNC(=O)c1cc(Br)cn1C1CC1. The van der Waals surface area contributed by atoms with Crippen LogP contribution >= 0.6 is 15.9 Å². The topological polar surface area (TPSA) is 34.0 Å². The predicted octanol–water partition coefficient (Wildman–Crippen LogP) is 4.68. The molecule has 0 aromatic carbocycles. The summed E-state index contributed by atoms with van der Waals surface area (Å²) in [6, 6.07) is 2.46. The van der Waals surface area contributed by atoms with Crippen LogP contribution in [0.1, 0.15) is 74.8 Å². The standard InChI is InChI=1S/C16H25BrN2O/c1-2-3-4-5-6-7-10-18-16(20)15-11-13(17)12-19(15)14-8-9-14/h11-12,14H,2-10H2,1H3,(H,18,20). The van der Waals surface area contributed by atoms with E-state index in [4.69, 9.17) is 0 Å². The monoisotopic (exact) mass is 340 g/mol. The van der Waals surface area contributed by atoms with Gasteiger partial charge in [0.25, 0.3) is 5.91 Å². The minimum Gasteiger partial charge on any atom is -0.351 e. The van der Waals surface area contributed by atoms with Crippen molar-refractivity contribution in [2.45, 2.75) is 64.3 Å². The number of halogens is 1. The van der Waals surface area contributed by atoms with Crippen LogP contribution in [0.3, 0.4) is 0 Å². The minimum absolute atomic E-state index is 0.0659. The lowest BCUT2D eigenvalue weighted by Crippen LogP contribution is -2.26. The van der Waals surface area contributed by atoms with E-state index in [0.717, 1.165) is 23.1 Å². The molecule has 2 rings (SSSR count). The Balaban J connectivity index is 1.69. The Morgan fingerprint density at radius 2 is 2.00 bits per heavy atom. The highest BCUT2D eigenvalue weighted by Gasteiger charge is 2.27.